The molecule has 106 valence electrons. The number of hydrogen-bond donors (Lipinski definition) is 4. The van der Waals surface area contributed by atoms with Gasteiger partial charge in [0.25, 0.3) is 5.56 Å². The van der Waals surface area contributed by atoms with Crippen LogP contribution in [0, 0.1) is 0 Å². The van der Waals surface area contributed by atoms with Crippen molar-refractivity contribution in [2.75, 3.05) is 0 Å². The van der Waals surface area contributed by atoms with Crippen molar-refractivity contribution in [3.63, 3.8) is 0 Å². The predicted octanol–water partition coefficient (Wildman–Crippen LogP) is -2.07. The van der Waals surface area contributed by atoms with E-state index in [0.717, 1.165) is 16.8 Å². The van der Waals surface area contributed by atoms with E-state index in [9.17, 15) is 24.9 Å². The van der Waals surface area contributed by atoms with E-state index in [4.69, 9.17) is 4.74 Å². The molecular formula is C11H16N2O6. The Morgan fingerprint density at radius 3 is 2.42 bits per heavy atom. The van der Waals surface area contributed by atoms with Gasteiger partial charge in [-0.25, -0.2) is 4.79 Å². The maximum Gasteiger partial charge on any atom is 0.330 e. The first-order valence-corrected chi connectivity index (χ1v) is 5.77. The second-order valence-corrected chi connectivity index (χ2v) is 5.10. The van der Waals surface area contributed by atoms with Gasteiger partial charge in [0.15, 0.2) is 6.23 Å². The molecule has 4 N–H and O–H groups in total. The minimum atomic E-state index is -1.39. The number of H-pyrrole nitrogens is 1. The van der Waals surface area contributed by atoms with Crippen molar-refractivity contribution < 1.29 is 20.1 Å². The van der Waals surface area contributed by atoms with Gasteiger partial charge < -0.3 is 20.1 Å². The van der Waals surface area contributed by atoms with Crippen LogP contribution in [0.5, 0.6) is 0 Å². The van der Waals surface area contributed by atoms with Gasteiger partial charge in [0.2, 0.25) is 0 Å². The number of aliphatic hydroxyl groups excluding tert-OH is 2. The molecule has 0 radical (unpaired) electrons. The second kappa shape index (κ2) is 4.57. The van der Waals surface area contributed by atoms with Crippen molar-refractivity contribution in [1.29, 1.82) is 0 Å². The predicted molar refractivity (Wildman–Crippen MR) is 63.5 cm³/mol. The van der Waals surface area contributed by atoms with Crippen LogP contribution in [0.4, 0.5) is 0 Å². The molecule has 1 aliphatic heterocycles. The molecule has 1 aromatic rings. The number of aliphatic hydroxyl groups is 3. The molecule has 0 aliphatic carbocycles. The second-order valence-electron chi connectivity index (χ2n) is 5.10. The number of aromatic amines is 1. The zero-order valence-corrected chi connectivity index (χ0v) is 10.5. The highest BCUT2D eigenvalue weighted by Gasteiger charge is 2.49. The molecule has 4 atom stereocenters. The molecule has 8 nitrogen and oxygen atoms in total. The molecule has 1 fully saturated rings. The third-order valence-electron chi connectivity index (χ3n) is 3.06. The number of hydrogen-bond acceptors (Lipinski definition) is 6. The van der Waals surface area contributed by atoms with Crippen molar-refractivity contribution in [1.82, 2.24) is 9.55 Å². The first kappa shape index (κ1) is 13.9. The first-order valence-electron chi connectivity index (χ1n) is 5.77. The van der Waals surface area contributed by atoms with Gasteiger partial charge in [-0.05, 0) is 13.8 Å². The Hall–Kier alpha value is -1.48. The average molecular weight is 272 g/mol. The summed E-state index contributed by atoms with van der Waals surface area (Å²) in [6.45, 7) is 2.84. The van der Waals surface area contributed by atoms with Crippen LogP contribution in [0.3, 0.4) is 0 Å². The minimum Gasteiger partial charge on any atom is -0.388 e. The Labute approximate surface area is 107 Å². The average Bonchev–Trinajstić information content (AvgIpc) is 2.56. The quantitative estimate of drug-likeness (QED) is 0.490. The Balaban J connectivity index is 2.37. The lowest BCUT2D eigenvalue weighted by Gasteiger charge is -2.27. The topological polar surface area (TPSA) is 125 Å². The van der Waals surface area contributed by atoms with Crippen LogP contribution in [0.1, 0.15) is 20.1 Å². The van der Waals surface area contributed by atoms with E-state index < -0.39 is 41.4 Å². The number of nitrogens with one attached hydrogen (secondary N) is 1. The van der Waals surface area contributed by atoms with E-state index in [-0.39, 0.29) is 0 Å². The van der Waals surface area contributed by atoms with Gasteiger partial charge in [0, 0.05) is 12.3 Å². The van der Waals surface area contributed by atoms with Crippen molar-refractivity contribution in [3.05, 3.63) is 33.1 Å². The van der Waals surface area contributed by atoms with Crippen LogP contribution >= 0.6 is 0 Å². The van der Waals surface area contributed by atoms with Crippen LogP contribution in [0.25, 0.3) is 0 Å². The molecule has 0 amide bonds. The summed E-state index contributed by atoms with van der Waals surface area (Å²) < 4.78 is 6.31. The van der Waals surface area contributed by atoms with Gasteiger partial charge in [0.05, 0.1) is 5.60 Å². The number of aromatic nitrogens is 2. The van der Waals surface area contributed by atoms with Crippen LogP contribution < -0.4 is 11.2 Å². The Morgan fingerprint density at radius 1 is 1.32 bits per heavy atom. The molecule has 1 aromatic heterocycles. The summed E-state index contributed by atoms with van der Waals surface area (Å²) in [6.07, 6.45) is -3.79. The normalized spacial score (nSPS) is 31.6. The summed E-state index contributed by atoms with van der Waals surface area (Å²) in [5.74, 6) is 0. The highest BCUT2D eigenvalue weighted by molar-refractivity contribution is 4.98. The van der Waals surface area contributed by atoms with Gasteiger partial charge >= 0.3 is 5.69 Å². The SMILES string of the molecule is CC(C)(O)[C@H]1O[C@@H](n2ccc(=O)[nH]c2=O)[C@H](O)[C@@H]1O. The summed E-state index contributed by atoms with van der Waals surface area (Å²) in [6, 6.07) is 1.10. The molecule has 0 bridgehead atoms. The number of nitrogens with zero attached hydrogens (tertiary/aromatic N) is 1. The first-order chi connectivity index (χ1) is 8.71. The largest absolute Gasteiger partial charge is 0.388 e. The standard InChI is InChI=1S/C11H16N2O6/c1-11(2,18)8-6(15)7(16)9(19-8)13-4-3-5(14)12-10(13)17/h3-4,6-9,15-16,18H,1-2H3,(H,12,14,17)/t6-,7+,8-,9+/m0/s1. The van der Waals surface area contributed by atoms with E-state index in [1.165, 1.54) is 13.8 Å². The lowest BCUT2D eigenvalue weighted by atomic mass is 9.96. The van der Waals surface area contributed by atoms with E-state index in [0.29, 0.717) is 0 Å². The van der Waals surface area contributed by atoms with Gasteiger partial charge in [-0.1, -0.05) is 0 Å². The molecule has 1 aliphatic rings. The van der Waals surface area contributed by atoms with Crippen molar-refractivity contribution in [2.24, 2.45) is 0 Å². The molecule has 2 rings (SSSR count). The van der Waals surface area contributed by atoms with E-state index >= 15 is 0 Å². The summed E-state index contributed by atoms with van der Waals surface area (Å²) in [5.41, 5.74) is -2.73. The minimum absolute atomic E-state index is 0.576. The summed E-state index contributed by atoms with van der Waals surface area (Å²) in [7, 11) is 0. The molecule has 2 heterocycles. The smallest absolute Gasteiger partial charge is 0.330 e. The fourth-order valence-electron chi connectivity index (χ4n) is 2.10. The van der Waals surface area contributed by atoms with Crippen molar-refractivity contribution in [3.8, 4) is 0 Å². The molecule has 0 aromatic carbocycles. The lowest BCUT2D eigenvalue weighted by Crippen LogP contribution is -2.45. The van der Waals surface area contributed by atoms with Gasteiger partial charge in [-0.15, -0.1) is 0 Å². The van der Waals surface area contributed by atoms with Crippen molar-refractivity contribution >= 4 is 0 Å². The maximum atomic E-state index is 11.6. The van der Waals surface area contributed by atoms with E-state index in [2.05, 4.69) is 0 Å². The summed E-state index contributed by atoms with van der Waals surface area (Å²) in [4.78, 5) is 24.6. The fourth-order valence-corrected chi connectivity index (χ4v) is 2.10. The van der Waals surface area contributed by atoms with Crippen LogP contribution in [-0.4, -0.2) is 48.8 Å². The maximum absolute atomic E-state index is 11.6. The Bertz CT molecular complexity index is 572. The Morgan fingerprint density at radius 2 is 1.95 bits per heavy atom. The molecule has 19 heavy (non-hydrogen) atoms. The summed E-state index contributed by atoms with van der Waals surface area (Å²) >= 11 is 0. The molecule has 1 saturated heterocycles. The lowest BCUT2D eigenvalue weighted by molar-refractivity contribution is -0.124. The molecule has 0 saturated carbocycles. The van der Waals surface area contributed by atoms with Gasteiger partial charge in [-0.2, -0.15) is 0 Å². The zero-order valence-electron chi connectivity index (χ0n) is 10.5. The van der Waals surface area contributed by atoms with Crippen molar-refractivity contribution in [2.45, 2.75) is 44.0 Å². The summed E-state index contributed by atoms with van der Waals surface area (Å²) in [5, 5.41) is 29.6. The highest BCUT2D eigenvalue weighted by atomic mass is 16.6. The molecule has 8 heteroatoms. The van der Waals surface area contributed by atoms with E-state index in [1.807, 2.05) is 4.98 Å². The monoisotopic (exact) mass is 272 g/mol. The zero-order chi connectivity index (χ0) is 14.4. The van der Waals surface area contributed by atoms with Gasteiger partial charge in [0.1, 0.15) is 18.3 Å². The van der Waals surface area contributed by atoms with Crippen LogP contribution in [-0.2, 0) is 4.74 Å². The van der Waals surface area contributed by atoms with Crippen LogP contribution in [0.2, 0.25) is 0 Å². The fraction of sp³-hybridized carbons (Fsp3) is 0.636. The van der Waals surface area contributed by atoms with Gasteiger partial charge in [-0.3, -0.25) is 14.3 Å². The molecular weight excluding hydrogens is 256 g/mol. The third kappa shape index (κ3) is 2.47. The molecule has 0 unspecified atom stereocenters. The Kier molecular flexibility index (Phi) is 3.35. The van der Waals surface area contributed by atoms with E-state index in [1.54, 1.807) is 0 Å². The number of rotatable bonds is 2. The number of ether oxygens (including phenoxy) is 1. The van der Waals surface area contributed by atoms with Crippen LogP contribution in [0.15, 0.2) is 21.9 Å². The molecule has 0 spiro atoms. The highest BCUT2D eigenvalue weighted by Crippen LogP contribution is 2.33. The third-order valence-corrected chi connectivity index (χ3v) is 3.06.